The molecule has 0 saturated heterocycles. The average molecular weight is 557 g/mol. The van der Waals surface area contributed by atoms with Crippen molar-refractivity contribution in [2.24, 2.45) is 16.8 Å². The lowest BCUT2D eigenvalue weighted by atomic mass is 9.68. The van der Waals surface area contributed by atoms with Gasteiger partial charge < -0.3 is 34.1 Å². The highest BCUT2D eigenvalue weighted by atomic mass is 16.5. The molecule has 5 atom stereocenters. The van der Waals surface area contributed by atoms with E-state index in [4.69, 9.17) is 28.7 Å². The zero-order chi connectivity index (χ0) is 28.6. The van der Waals surface area contributed by atoms with Crippen molar-refractivity contribution in [3.63, 3.8) is 0 Å². The van der Waals surface area contributed by atoms with E-state index in [1.807, 2.05) is 54.6 Å². The van der Waals surface area contributed by atoms with Crippen molar-refractivity contribution in [3.8, 4) is 23.0 Å². The first-order chi connectivity index (χ1) is 19.9. The lowest BCUT2D eigenvalue weighted by Crippen LogP contribution is -2.62. The molecular formula is C32H32N2O7. The zero-order valence-corrected chi connectivity index (χ0v) is 23.3. The number of hydrogen-bond donors (Lipinski definition) is 2. The molecule has 2 aliphatic carbocycles. The quantitative estimate of drug-likeness (QED) is 0.423. The summed E-state index contributed by atoms with van der Waals surface area (Å²) in [6.07, 6.45) is 1.87. The lowest BCUT2D eigenvalue weighted by molar-refractivity contribution is -0.158. The summed E-state index contributed by atoms with van der Waals surface area (Å²) in [6.45, 7) is 0. The second kappa shape index (κ2) is 8.88. The molecular weight excluding hydrogens is 524 g/mol. The molecule has 212 valence electrons. The van der Waals surface area contributed by atoms with Crippen LogP contribution in [0.3, 0.4) is 0 Å². The summed E-state index contributed by atoms with van der Waals surface area (Å²) in [4.78, 5) is 19.3. The van der Waals surface area contributed by atoms with E-state index in [0.29, 0.717) is 34.4 Å². The first kappa shape index (κ1) is 25.7. The topological polar surface area (TPSA) is 108 Å². The number of nitrogens with one attached hydrogen (secondary N) is 1. The lowest BCUT2D eigenvalue weighted by Gasteiger charge is -2.42. The number of amidine groups is 1. The number of carbonyl (C=O) groups excluding carboxylic acids is 1. The third kappa shape index (κ3) is 3.15. The van der Waals surface area contributed by atoms with Gasteiger partial charge in [-0.2, -0.15) is 0 Å². The monoisotopic (exact) mass is 556 g/mol. The maximum Gasteiger partial charge on any atom is 0.314 e. The molecule has 2 N–H and O–H groups in total. The van der Waals surface area contributed by atoms with Gasteiger partial charge in [0.25, 0.3) is 0 Å². The van der Waals surface area contributed by atoms with Gasteiger partial charge in [0.2, 0.25) is 0 Å². The first-order valence-corrected chi connectivity index (χ1v) is 13.7. The normalized spacial score (nSPS) is 30.7. The summed E-state index contributed by atoms with van der Waals surface area (Å²) in [5.74, 6) is 0.495. The van der Waals surface area contributed by atoms with Gasteiger partial charge in [0.15, 0.2) is 16.9 Å². The van der Waals surface area contributed by atoms with Crippen LogP contribution >= 0.6 is 0 Å². The van der Waals surface area contributed by atoms with Crippen molar-refractivity contribution in [1.29, 1.82) is 0 Å². The fourth-order valence-corrected chi connectivity index (χ4v) is 7.33. The van der Waals surface area contributed by atoms with Gasteiger partial charge >= 0.3 is 5.97 Å². The van der Waals surface area contributed by atoms with E-state index in [-0.39, 0.29) is 5.92 Å². The SMILES string of the molecule is COC(=O)[C@@H]1[C@@H](c2ccccc2)[C@]2(c3ccc(OC)cc3)Oc3cc(OC)cc(OC)c3[C@@]23N=C(C2CC2)N[C@@]13O. The molecule has 7 rings (SSSR count). The minimum absolute atomic E-state index is 0.148. The molecule has 3 aromatic carbocycles. The molecule has 2 heterocycles. The maximum absolute atomic E-state index is 13.9. The van der Waals surface area contributed by atoms with Crippen LogP contribution in [-0.4, -0.2) is 51.1 Å². The van der Waals surface area contributed by atoms with E-state index in [0.717, 1.165) is 24.0 Å². The van der Waals surface area contributed by atoms with E-state index < -0.39 is 34.7 Å². The van der Waals surface area contributed by atoms with E-state index in [1.54, 1.807) is 33.5 Å². The standard InChI is InChI=1S/C32H32N2O7/c1-37-21-14-12-20(13-15-21)30-25(18-8-6-5-7-9-18)27(29(35)40-4)32(36)31(30,33-28(34-32)19-10-11-19)26-23(39-3)16-22(38-2)17-24(26)41-30/h5-9,12-17,19,25,27,36H,10-11H2,1-4H3,(H,33,34)/t25-,27+,30+,31-,32-/m1/s1. The van der Waals surface area contributed by atoms with Gasteiger partial charge in [-0.1, -0.05) is 42.5 Å². The number of hydrogen-bond acceptors (Lipinski definition) is 9. The van der Waals surface area contributed by atoms with E-state index in [9.17, 15) is 9.90 Å². The largest absolute Gasteiger partial charge is 0.497 e. The first-order valence-electron chi connectivity index (χ1n) is 13.7. The summed E-state index contributed by atoms with van der Waals surface area (Å²) in [5, 5.41) is 16.5. The third-order valence-corrected chi connectivity index (χ3v) is 9.14. The summed E-state index contributed by atoms with van der Waals surface area (Å²) >= 11 is 0. The van der Waals surface area contributed by atoms with Gasteiger partial charge in [-0.15, -0.1) is 0 Å². The molecule has 0 aromatic heterocycles. The Balaban J connectivity index is 1.64. The van der Waals surface area contributed by atoms with E-state index >= 15 is 0 Å². The third-order valence-electron chi connectivity index (χ3n) is 9.14. The number of methoxy groups -OCH3 is 4. The number of esters is 1. The minimum atomic E-state index is -1.93. The van der Waals surface area contributed by atoms with Crippen molar-refractivity contribution in [2.75, 3.05) is 28.4 Å². The molecule has 9 heteroatoms. The summed E-state index contributed by atoms with van der Waals surface area (Å²) in [7, 11) is 6.08. The highest BCUT2D eigenvalue weighted by Crippen LogP contribution is 2.76. The van der Waals surface area contributed by atoms with Crippen LogP contribution in [-0.2, 0) is 20.7 Å². The number of aliphatic hydroxyl groups is 1. The highest BCUT2D eigenvalue weighted by Gasteiger charge is 2.87. The molecule has 3 aromatic rings. The predicted octanol–water partition coefficient (Wildman–Crippen LogP) is 3.88. The molecule has 41 heavy (non-hydrogen) atoms. The van der Waals surface area contributed by atoms with Gasteiger partial charge in [0, 0.05) is 24.0 Å². The van der Waals surface area contributed by atoms with E-state index in [1.165, 1.54) is 7.11 Å². The summed E-state index contributed by atoms with van der Waals surface area (Å²) < 4.78 is 29.6. The molecule has 9 nitrogen and oxygen atoms in total. The van der Waals surface area contributed by atoms with Crippen molar-refractivity contribution < 1.29 is 33.6 Å². The Labute approximate surface area is 238 Å². The molecule has 1 spiro atoms. The number of rotatable bonds is 7. The Morgan fingerprint density at radius 2 is 1.66 bits per heavy atom. The second-order valence-electron chi connectivity index (χ2n) is 11.0. The Morgan fingerprint density at radius 1 is 0.951 bits per heavy atom. The Kier molecular flexibility index (Phi) is 5.57. The molecule has 2 saturated carbocycles. The average Bonchev–Trinajstić information content (AvgIpc) is 3.72. The molecule has 0 amide bonds. The number of fused-ring (bicyclic) bond motifs is 1. The van der Waals surface area contributed by atoms with Crippen LogP contribution in [0, 0.1) is 11.8 Å². The van der Waals surface area contributed by atoms with E-state index in [2.05, 4.69) is 5.32 Å². The number of nitrogens with zero attached hydrogens (tertiary/aromatic N) is 1. The van der Waals surface area contributed by atoms with Crippen LogP contribution in [0.4, 0.5) is 0 Å². The Bertz CT molecular complexity index is 1550. The minimum Gasteiger partial charge on any atom is -0.497 e. The maximum atomic E-state index is 13.9. The fraction of sp³-hybridized carbons (Fsp3) is 0.375. The van der Waals surface area contributed by atoms with Crippen LogP contribution in [0.1, 0.15) is 35.4 Å². The number of benzene rings is 3. The van der Waals surface area contributed by atoms with Crippen LogP contribution in [0.15, 0.2) is 71.7 Å². The van der Waals surface area contributed by atoms with Crippen molar-refractivity contribution >= 4 is 11.8 Å². The van der Waals surface area contributed by atoms with Crippen molar-refractivity contribution in [3.05, 3.63) is 83.4 Å². The molecule has 4 aliphatic rings. The van der Waals surface area contributed by atoms with Crippen LogP contribution in [0.25, 0.3) is 0 Å². The predicted molar refractivity (Wildman–Crippen MR) is 149 cm³/mol. The molecule has 0 unspecified atom stereocenters. The van der Waals surface area contributed by atoms with Crippen molar-refractivity contribution in [1.82, 2.24) is 5.32 Å². The second-order valence-corrected chi connectivity index (χ2v) is 11.0. The van der Waals surface area contributed by atoms with Gasteiger partial charge in [-0.25, -0.2) is 0 Å². The van der Waals surface area contributed by atoms with Crippen LogP contribution in [0.2, 0.25) is 0 Å². The van der Waals surface area contributed by atoms with Gasteiger partial charge in [0.1, 0.15) is 34.8 Å². The molecule has 0 bridgehead atoms. The molecule has 2 aliphatic heterocycles. The summed E-state index contributed by atoms with van der Waals surface area (Å²) in [5.41, 5.74) is -2.79. The number of ether oxygens (including phenoxy) is 5. The Hall–Kier alpha value is -4.24. The van der Waals surface area contributed by atoms with Crippen LogP contribution in [0.5, 0.6) is 23.0 Å². The van der Waals surface area contributed by atoms with Gasteiger partial charge in [-0.05, 0) is 36.1 Å². The zero-order valence-electron chi connectivity index (χ0n) is 23.3. The molecule has 0 radical (unpaired) electrons. The summed E-state index contributed by atoms with van der Waals surface area (Å²) in [6, 6.07) is 20.7. The van der Waals surface area contributed by atoms with Gasteiger partial charge in [0.05, 0.1) is 34.0 Å². The highest BCUT2D eigenvalue weighted by molar-refractivity contribution is 5.94. The number of aliphatic imine (C=N–C) groups is 1. The fourth-order valence-electron chi connectivity index (χ4n) is 7.33. The number of carbonyl (C=O) groups is 1. The molecule has 2 fully saturated rings. The van der Waals surface area contributed by atoms with Gasteiger partial charge in [-0.3, -0.25) is 9.79 Å². The van der Waals surface area contributed by atoms with Crippen molar-refractivity contribution in [2.45, 2.75) is 35.6 Å². The smallest absolute Gasteiger partial charge is 0.314 e. The van der Waals surface area contributed by atoms with Crippen LogP contribution < -0.4 is 24.3 Å². The Morgan fingerprint density at radius 3 is 2.27 bits per heavy atom.